The van der Waals surface area contributed by atoms with E-state index in [0.717, 1.165) is 19.4 Å². The number of carbonyl (C=O) groups excluding carboxylic acids is 2. The van der Waals surface area contributed by atoms with E-state index >= 15 is 0 Å². The Morgan fingerprint density at radius 3 is 2.57 bits per heavy atom. The molecule has 162 valence electrons. The fourth-order valence-corrected chi connectivity index (χ4v) is 4.02. The van der Waals surface area contributed by atoms with Crippen LogP contribution in [0.15, 0.2) is 33.9 Å². The van der Waals surface area contributed by atoms with Gasteiger partial charge in [0.1, 0.15) is 0 Å². The fraction of sp³-hybridized carbons (Fsp3) is 0.545. The Morgan fingerprint density at radius 2 is 1.87 bits per heavy atom. The van der Waals surface area contributed by atoms with E-state index in [9.17, 15) is 19.2 Å². The van der Waals surface area contributed by atoms with Gasteiger partial charge in [-0.15, -0.1) is 0 Å². The lowest BCUT2D eigenvalue weighted by Gasteiger charge is -2.33. The number of nitrogens with one attached hydrogen (secondary N) is 1. The minimum Gasteiger partial charge on any atom is -0.346 e. The molecule has 3 rings (SSSR count). The third-order valence-corrected chi connectivity index (χ3v) is 5.87. The molecular weight excluding hydrogens is 384 g/mol. The number of aryl methyl sites for hydroxylation is 1. The van der Waals surface area contributed by atoms with Crippen LogP contribution in [0.4, 0.5) is 0 Å². The zero-order chi connectivity index (χ0) is 21.7. The van der Waals surface area contributed by atoms with Crippen LogP contribution in [-0.4, -0.2) is 57.8 Å². The molecule has 1 saturated heterocycles. The zero-order valence-corrected chi connectivity index (χ0v) is 17.7. The van der Waals surface area contributed by atoms with Crippen LogP contribution < -0.4 is 11.2 Å². The van der Waals surface area contributed by atoms with Gasteiger partial charge in [0.2, 0.25) is 11.8 Å². The van der Waals surface area contributed by atoms with Crippen LogP contribution in [0.5, 0.6) is 0 Å². The molecule has 2 amide bonds. The summed E-state index contributed by atoms with van der Waals surface area (Å²) in [5.74, 6) is 0.103. The fourth-order valence-electron chi connectivity index (χ4n) is 4.02. The van der Waals surface area contributed by atoms with Crippen LogP contribution in [0.1, 0.15) is 39.0 Å². The van der Waals surface area contributed by atoms with E-state index in [0.29, 0.717) is 36.8 Å². The minimum atomic E-state index is -0.508. The molecule has 1 aliphatic rings. The van der Waals surface area contributed by atoms with Gasteiger partial charge in [-0.25, -0.2) is 4.79 Å². The highest BCUT2D eigenvalue weighted by atomic mass is 16.2. The number of unbranched alkanes of at least 4 members (excludes halogenated alkanes) is 1. The van der Waals surface area contributed by atoms with E-state index in [1.54, 1.807) is 34.1 Å². The highest BCUT2D eigenvalue weighted by Gasteiger charge is 2.28. The van der Waals surface area contributed by atoms with Crippen molar-refractivity contribution >= 4 is 22.7 Å². The monoisotopic (exact) mass is 414 g/mol. The lowest BCUT2D eigenvalue weighted by molar-refractivity contribution is -0.140. The van der Waals surface area contributed by atoms with Gasteiger partial charge in [0.25, 0.3) is 5.56 Å². The van der Waals surface area contributed by atoms with Crippen molar-refractivity contribution in [2.45, 2.75) is 45.6 Å². The number of aromatic nitrogens is 2. The molecule has 0 saturated carbocycles. The second-order valence-electron chi connectivity index (χ2n) is 7.95. The van der Waals surface area contributed by atoms with Gasteiger partial charge in [-0.3, -0.25) is 23.9 Å². The largest absolute Gasteiger partial charge is 0.346 e. The molecule has 1 aromatic heterocycles. The van der Waals surface area contributed by atoms with E-state index < -0.39 is 11.2 Å². The van der Waals surface area contributed by atoms with Gasteiger partial charge in [-0.1, -0.05) is 25.5 Å². The van der Waals surface area contributed by atoms with E-state index in [4.69, 9.17) is 0 Å². The van der Waals surface area contributed by atoms with Gasteiger partial charge in [-0.2, -0.15) is 0 Å². The molecule has 30 heavy (non-hydrogen) atoms. The van der Waals surface area contributed by atoms with Crippen molar-refractivity contribution in [3.05, 3.63) is 45.1 Å². The topological polar surface area (TPSA) is 95.5 Å². The standard InChI is InChI=1S/C22H30N4O4/c1-3-4-12-24(2)21(29)16-9-13-25(14-10-16)19(27)11-15-26-18-8-6-5-7-17(18)20(28)23-22(26)30/h5-8,16H,3-4,9-15H2,1-2H3,(H,23,28,30). The number of hydrogen-bond donors (Lipinski definition) is 1. The molecular formula is C22H30N4O4. The summed E-state index contributed by atoms with van der Waals surface area (Å²) in [7, 11) is 1.85. The third kappa shape index (κ3) is 4.80. The molecule has 1 fully saturated rings. The van der Waals surface area contributed by atoms with Crippen molar-refractivity contribution in [3.63, 3.8) is 0 Å². The minimum absolute atomic E-state index is 0.0262. The summed E-state index contributed by atoms with van der Waals surface area (Å²) in [6, 6.07) is 6.87. The lowest BCUT2D eigenvalue weighted by Crippen LogP contribution is -2.44. The number of hydrogen-bond acceptors (Lipinski definition) is 4. The number of carbonyl (C=O) groups is 2. The van der Waals surface area contributed by atoms with Gasteiger partial charge < -0.3 is 9.80 Å². The van der Waals surface area contributed by atoms with Gasteiger partial charge in [0.05, 0.1) is 10.9 Å². The average molecular weight is 415 g/mol. The van der Waals surface area contributed by atoms with Crippen molar-refractivity contribution in [2.75, 3.05) is 26.7 Å². The number of para-hydroxylation sites is 1. The molecule has 8 nitrogen and oxygen atoms in total. The smallest absolute Gasteiger partial charge is 0.328 e. The molecule has 1 aliphatic heterocycles. The van der Waals surface area contributed by atoms with E-state index in [1.165, 1.54) is 4.57 Å². The van der Waals surface area contributed by atoms with Crippen molar-refractivity contribution in [3.8, 4) is 0 Å². The number of aromatic amines is 1. The van der Waals surface area contributed by atoms with Crippen LogP contribution in [0.25, 0.3) is 10.9 Å². The number of amides is 2. The third-order valence-electron chi connectivity index (χ3n) is 5.87. The number of piperidine rings is 1. The van der Waals surface area contributed by atoms with Gasteiger partial charge in [-0.05, 0) is 31.4 Å². The van der Waals surface area contributed by atoms with Crippen LogP contribution in [0.3, 0.4) is 0 Å². The first kappa shape index (κ1) is 21.8. The lowest BCUT2D eigenvalue weighted by atomic mass is 9.95. The first-order valence-corrected chi connectivity index (χ1v) is 10.7. The summed E-state index contributed by atoms with van der Waals surface area (Å²) in [6.45, 7) is 4.19. The van der Waals surface area contributed by atoms with Gasteiger partial charge >= 0.3 is 5.69 Å². The number of nitrogens with zero attached hydrogens (tertiary/aromatic N) is 3. The number of rotatable bonds is 7. The Kier molecular flexibility index (Phi) is 7.07. The summed E-state index contributed by atoms with van der Waals surface area (Å²) >= 11 is 0. The van der Waals surface area contributed by atoms with E-state index in [-0.39, 0.29) is 30.7 Å². The molecule has 0 atom stereocenters. The Hall–Kier alpha value is -2.90. The summed E-state index contributed by atoms with van der Waals surface area (Å²) in [4.78, 5) is 55.3. The maximum Gasteiger partial charge on any atom is 0.328 e. The highest BCUT2D eigenvalue weighted by molar-refractivity contribution is 5.80. The Balaban J connectivity index is 1.58. The van der Waals surface area contributed by atoms with E-state index in [1.807, 2.05) is 7.05 Å². The SMILES string of the molecule is CCCCN(C)C(=O)C1CCN(C(=O)CCn2c(=O)[nH]c(=O)c3ccccc32)CC1. The van der Waals surface area contributed by atoms with E-state index in [2.05, 4.69) is 11.9 Å². The first-order chi connectivity index (χ1) is 14.4. The summed E-state index contributed by atoms with van der Waals surface area (Å²) in [5.41, 5.74) is -0.404. The quantitative estimate of drug-likeness (QED) is 0.744. The molecule has 8 heteroatoms. The van der Waals surface area contributed by atoms with Crippen molar-refractivity contribution in [2.24, 2.45) is 5.92 Å². The molecule has 0 unspecified atom stereocenters. The Labute approximate surface area is 175 Å². The van der Waals surface area contributed by atoms with Crippen LogP contribution in [0, 0.1) is 5.92 Å². The highest BCUT2D eigenvalue weighted by Crippen LogP contribution is 2.20. The molecule has 2 aromatic rings. The number of benzene rings is 1. The number of fused-ring (bicyclic) bond motifs is 1. The maximum atomic E-state index is 12.7. The van der Waals surface area contributed by atoms with Crippen molar-refractivity contribution in [1.29, 1.82) is 0 Å². The van der Waals surface area contributed by atoms with Crippen LogP contribution in [-0.2, 0) is 16.1 Å². The Morgan fingerprint density at radius 1 is 1.17 bits per heavy atom. The zero-order valence-electron chi connectivity index (χ0n) is 17.7. The second-order valence-corrected chi connectivity index (χ2v) is 7.95. The first-order valence-electron chi connectivity index (χ1n) is 10.7. The molecule has 2 heterocycles. The molecule has 0 radical (unpaired) electrons. The predicted octanol–water partition coefficient (Wildman–Crippen LogP) is 1.58. The number of H-pyrrole nitrogens is 1. The molecule has 1 N–H and O–H groups in total. The maximum absolute atomic E-state index is 12.7. The van der Waals surface area contributed by atoms with Crippen LogP contribution in [0.2, 0.25) is 0 Å². The van der Waals surface area contributed by atoms with Gasteiger partial charge in [0.15, 0.2) is 0 Å². The summed E-state index contributed by atoms with van der Waals surface area (Å²) in [5, 5.41) is 0.427. The summed E-state index contributed by atoms with van der Waals surface area (Å²) in [6.07, 6.45) is 3.56. The van der Waals surface area contributed by atoms with Crippen LogP contribution >= 0.6 is 0 Å². The summed E-state index contributed by atoms with van der Waals surface area (Å²) < 4.78 is 1.44. The average Bonchev–Trinajstić information content (AvgIpc) is 2.76. The molecule has 0 bridgehead atoms. The number of likely N-dealkylation sites (tertiary alicyclic amines) is 1. The molecule has 1 aromatic carbocycles. The molecule has 0 aliphatic carbocycles. The van der Waals surface area contributed by atoms with Gasteiger partial charge in [0, 0.05) is 45.6 Å². The molecule has 0 spiro atoms. The van der Waals surface area contributed by atoms with Crippen molar-refractivity contribution in [1.82, 2.24) is 19.4 Å². The Bertz CT molecular complexity index is 1020. The second kappa shape index (κ2) is 9.73. The van der Waals surface area contributed by atoms with Crippen molar-refractivity contribution < 1.29 is 9.59 Å². The normalized spacial score (nSPS) is 14.8. The predicted molar refractivity (Wildman–Crippen MR) is 115 cm³/mol.